The van der Waals surface area contributed by atoms with E-state index in [2.05, 4.69) is 20.6 Å². The molecular formula is C30H27N5O4S2. The van der Waals surface area contributed by atoms with Gasteiger partial charge in [-0.05, 0) is 35.8 Å². The molecule has 208 valence electrons. The number of benzene rings is 3. The van der Waals surface area contributed by atoms with Crippen LogP contribution in [0.3, 0.4) is 0 Å². The minimum atomic E-state index is -3.33. The Morgan fingerprint density at radius 2 is 1.76 bits per heavy atom. The summed E-state index contributed by atoms with van der Waals surface area (Å²) in [7, 11) is -1.71. The molecule has 0 bridgehead atoms. The zero-order chi connectivity index (χ0) is 28.6. The normalized spacial score (nSPS) is 15.6. The summed E-state index contributed by atoms with van der Waals surface area (Å²) in [5.41, 5.74) is 4.76. The van der Waals surface area contributed by atoms with Gasteiger partial charge in [0.05, 0.1) is 10.6 Å². The van der Waals surface area contributed by atoms with Crippen molar-refractivity contribution in [3.05, 3.63) is 113 Å². The first-order chi connectivity index (χ1) is 19.8. The number of aromatic nitrogens is 2. The van der Waals surface area contributed by atoms with E-state index in [1.807, 2.05) is 42.6 Å². The molecule has 0 unspecified atom stereocenters. The molecule has 2 amide bonds. The average Bonchev–Trinajstić information content (AvgIpc) is 3.61. The molecule has 6 rings (SSSR count). The van der Waals surface area contributed by atoms with Gasteiger partial charge in [0.25, 0.3) is 11.8 Å². The zero-order valence-corrected chi connectivity index (χ0v) is 23.6. The quantitative estimate of drug-likeness (QED) is 0.152. The Bertz CT molecular complexity index is 1810. The predicted molar refractivity (Wildman–Crippen MR) is 165 cm³/mol. The van der Waals surface area contributed by atoms with Gasteiger partial charge < -0.3 is 10.3 Å². The van der Waals surface area contributed by atoms with E-state index in [9.17, 15) is 18.7 Å². The highest BCUT2D eigenvalue weighted by atomic mass is 32.3. The van der Waals surface area contributed by atoms with Crippen LogP contribution in [0.4, 0.5) is 10.8 Å². The lowest BCUT2D eigenvalue weighted by Gasteiger charge is -2.41. The van der Waals surface area contributed by atoms with Crippen molar-refractivity contribution < 1.29 is 18.7 Å². The molecular weight excluding hydrogens is 558 g/mol. The number of para-hydroxylation sites is 2. The number of carbonyl (C=O) groups is 2. The first-order valence-electron chi connectivity index (χ1n) is 12.9. The number of fused-ring (bicyclic) bond motifs is 3. The van der Waals surface area contributed by atoms with Gasteiger partial charge in [-0.1, -0.05) is 65.4 Å². The molecule has 11 heteroatoms. The fourth-order valence-corrected chi connectivity index (χ4v) is 7.09. The minimum absolute atomic E-state index is 0.220. The molecule has 0 fully saturated rings. The highest BCUT2D eigenvalue weighted by Gasteiger charge is 2.32. The van der Waals surface area contributed by atoms with Gasteiger partial charge >= 0.3 is 0 Å². The molecule has 1 aliphatic heterocycles. The molecule has 3 heterocycles. The molecule has 9 nitrogen and oxygen atoms in total. The highest BCUT2D eigenvalue weighted by molar-refractivity contribution is 8.25. The molecule has 0 radical (unpaired) electrons. The first kappa shape index (κ1) is 26.8. The Balaban J connectivity index is 1.18. The summed E-state index contributed by atoms with van der Waals surface area (Å²) in [6.07, 6.45) is 4.04. The third-order valence-electron chi connectivity index (χ3n) is 6.98. The van der Waals surface area contributed by atoms with E-state index in [0.29, 0.717) is 40.2 Å². The van der Waals surface area contributed by atoms with Gasteiger partial charge in [-0.15, -0.1) is 11.3 Å². The second-order valence-electron chi connectivity index (χ2n) is 9.48. The predicted octanol–water partition coefficient (Wildman–Crippen LogP) is 6.14. The number of nitrogens with one attached hydrogen (secondary N) is 3. The van der Waals surface area contributed by atoms with Crippen LogP contribution >= 0.6 is 22.1 Å². The van der Waals surface area contributed by atoms with Crippen molar-refractivity contribution in [2.24, 2.45) is 0 Å². The van der Waals surface area contributed by atoms with E-state index in [-0.39, 0.29) is 16.7 Å². The number of rotatable bonds is 6. The van der Waals surface area contributed by atoms with Crippen LogP contribution in [0.2, 0.25) is 0 Å². The van der Waals surface area contributed by atoms with E-state index in [0.717, 1.165) is 27.8 Å². The largest absolute Gasteiger partial charge is 0.361 e. The van der Waals surface area contributed by atoms with Gasteiger partial charge in [0, 0.05) is 53.3 Å². The van der Waals surface area contributed by atoms with Crippen LogP contribution in [0.15, 0.2) is 95.3 Å². The number of anilines is 2. The van der Waals surface area contributed by atoms with Gasteiger partial charge in [-0.3, -0.25) is 28.3 Å². The second-order valence-corrected chi connectivity index (χ2v) is 12.4. The molecule has 5 aromatic rings. The fraction of sp³-hybridized carbons (Fsp3) is 0.100. The first-order valence-corrected chi connectivity index (χ1v) is 15.2. The van der Waals surface area contributed by atoms with E-state index in [1.54, 1.807) is 48.8 Å². The fourth-order valence-electron chi connectivity index (χ4n) is 4.94. The summed E-state index contributed by atoms with van der Waals surface area (Å²) >= 11 is 1.15. The minimum Gasteiger partial charge on any atom is -0.361 e. The van der Waals surface area contributed by atoms with Crippen molar-refractivity contribution in [3.63, 3.8) is 0 Å². The summed E-state index contributed by atoms with van der Waals surface area (Å²) in [6.45, 7) is 0.443. The van der Waals surface area contributed by atoms with Gasteiger partial charge in [0.1, 0.15) is 5.69 Å². The number of nitrogens with zero attached hydrogens (tertiary/aromatic N) is 2. The van der Waals surface area contributed by atoms with Crippen molar-refractivity contribution in [2.75, 3.05) is 23.2 Å². The van der Waals surface area contributed by atoms with Gasteiger partial charge in [0.15, 0.2) is 5.13 Å². The molecule has 41 heavy (non-hydrogen) atoms. The van der Waals surface area contributed by atoms with E-state index in [4.69, 9.17) is 0 Å². The molecule has 0 saturated carbocycles. The molecule has 0 saturated heterocycles. The van der Waals surface area contributed by atoms with E-state index in [1.165, 1.54) is 10.4 Å². The van der Waals surface area contributed by atoms with E-state index >= 15 is 0 Å². The number of hydrogen-bond donors (Lipinski definition) is 5. The molecule has 0 atom stereocenters. The van der Waals surface area contributed by atoms with E-state index < -0.39 is 16.7 Å². The molecule has 0 aliphatic carbocycles. The topological polar surface area (TPSA) is 131 Å². The Morgan fingerprint density at radius 3 is 2.61 bits per heavy atom. The van der Waals surface area contributed by atoms with Gasteiger partial charge in [-0.2, -0.15) is 0 Å². The third-order valence-corrected chi connectivity index (χ3v) is 9.65. The summed E-state index contributed by atoms with van der Waals surface area (Å²) in [4.78, 5) is 33.8. The van der Waals surface area contributed by atoms with Gasteiger partial charge in [0.2, 0.25) is 0 Å². The van der Waals surface area contributed by atoms with Crippen molar-refractivity contribution in [1.82, 2.24) is 15.3 Å². The average molecular weight is 586 g/mol. The lowest BCUT2D eigenvalue weighted by atomic mass is 9.96. The van der Waals surface area contributed by atoms with Crippen LogP contribution in [0.5, 0.6) is 0 Å². The maximum atomic E-state index is 13.2. The molecule has 3 aromatic carbocycles. The molecule has 2 aromatic heterocycles. The van der Waals surface area contributed by atoms with Crippen molar-refractivity contribution >= 4 is 61.2 Å². The van der Waals surface area contributed by atoms with Crippen LogP contribution in [-0.2, 0) is 11.2 Å². The number of hydrogen-bond acceptors (Lipinski definition) is 7. The van der Waals surface area contributed by atoms with Gasteiger partial charge in [-0.25, -0.2) is 4.98 Å². The number of amides is 2. The Kier molecular flexibility index (Phi) is 7.10. The highest BCUT2D eigenvalue weighted by Crippen LogP contribution is 2.58. The Hall–Kier alpha value is -4.42. The summed E-state index contributed by atoms with van der Waals surface area (Å²) in [5.74, 6) is -0.772. The van der Waals surface area contributed by atoms with Crippen LogP contribution in [-0.4, -0.2) is 44.5 Å². The third kappa shape index (κ3) is 5.11. The lowest BCUT2D eigenvalue weighted by Crippen LogP contribution is -2.26. The number of aromatic amines is 1. The van der Waals surface area contributed by atoms with Crippen molar-refractivity contribution in [1.29, 1.82) is 0 Å². The maximum Gasteiger partial charge on any atom is 0.270 e. The smallest absolute Gasteiger partial charge is 0.270 e. The molecule has 0 spiro atoms. The summed E-state index contributed by atoms with van der Waals surface area (Å²) in [6, 6.07) is 22.2. The standard InChI is InChI=1S/C30H27N5O4S2/c1-35-26-12-6-3-9-21(26)23(22-10-4-7-13-27(22)41(35,38)39)16-28(36)34-30-33-25(18-40-30)29(37)31-15-14-19-17-32-24-11-5-2-8-20(19)24/h2-13,16-18,32,38-39H,14-15H2,1H3,(H,31,37)(H,33,34,36)/b23-16-. The maximum absolute atomic E-state index is 13.2. The monoisotopic (exact) mass is 585 g/mol. The lowest BCUT2D eigenvalue weighted by molar-refractivity contribution is -0.111. The van der Waals surface area contributed by atoms with Crippen LogP contribution < -0.4 is 14.9 Å². The molecule has 5 N–H and O–H groups in total. The molecule has 1 aliphatic rings. The number of thiazole rings is 1. The zero-order valence-electron chi connectivity index (χ0n) is 22.0. The second kappa shape index (κ2) is 10.9. The Morgan fingerprint density at radius 1 is 1.02 bits per heavy atom. The van der Waals surface area contributed by atoms with Crippen LogP contribution in [0.25, 0.3) is 16.5 Å². The van der Waals surface area contributed by atoms with Crippen molar-refractivity contribution in [3.8, 4) is 0 Å². The Labute approximate surface area is 242 Å². The van der Waals surface area contributed by atoms with Crippen LogP contribution in [0.1, 0.15) is 27.2 Å². The number of H-pyrrole nitrogens is 1. The van der Waals surface area contributed by atoms with Crippen molar-refractivity contribution in [2.45, 2.75) is 11.3 Å². The number of carbonyl (C=O) groups excluding carboxylic acids is 2. The van der Waals surface area contributed by atoms with Crippen LogP contribution in [0, 0.1) is 0 Å². The summed E-state index contributed by atoms with van der Waals surface area (Å²) in [5, 5.41) is 8.66. The summed E-state index contributed by atoms with van der Waals surface area (Å²) < 4.78 is 23.7. The SMILES string of the molecule is CN1c2ccccc2/C(=C/C(=O)Nc2nc(C(=O)NCCc3c[nH]c4ccccc34)cs2)c2ccccc2S1(O)O.